The summed E-state index contributed by atoms with van der Waals surface area (Å²) in [5.41, 5.74) is 3.24. The van der Waals surface area contributed by atoms with Gasteiger partial charge in [0.1, 0.15) is 0 Å². The van der Waals surface area contributed by atoms with E-state index in [1.54, 1.807) is 0 Å². The van der Waals surface area contributed by atoms with Gasteiger partial charge in [-0.3, -0.25) is 0 Å². The lowest BCUT2D eigenvalue weighted by Gasteiger charge is -2.15. The number of aliphatic imine (C=N–C) groups is 1. The van der Waals surface area contributed by atoms with E-state index in [9.17, 15) is 8.42 Å². The van der Waals surface area contributed by atoms with Gasteiger partial charge in [-0.05, 0) is 37.5 Å². The second kappa shape index (κ2) is 8.36. The summed E-state index contributed by atoms with van der Waals surface area (Å²) >= 11 is 0. The van der Waals surface area contributed by atoms with Gasteiger partial charge in [0.15, 0.2) is 15.8 Å². The van der Waals surface area contributed by atoms with Gasteiger partial charge < -0.3 is 10.6 Å². The molecular weight excluding hydrogens is 346 g/mol. The van der Waals surface area contributed by atoms with E-state index in [0.717, 1.165) is 17.7 Å². The van der Waals surface area contributed by atoms with E-state index in [1.807, 2.05) is 30.3 Å². The molecule has 1 aliphatic rings. The van der Waals surface area contributed by atoms with Gasteiger partial charge in [0.05, 0.1) is 17.5 Å². The molecule has 0 bridgehead atoms. The van der Waals surface area contributed by atoms with Gasteiger partial charge in [-0.15, -0.1) is 0 Å². The highest BCUT2D eigenvalue weighted by atomic mass is 32.2. The second-order valence-electron chi connectivity index (χ2n) is 6.65. The third kappa shape index (κ3) is 5.08. The summed E-state index contributed by atoms with van der Waals surface area (Å²) in [5.74, 6) is 0.889. The van der Waals surface area contributed by atoms with Gasteiger partial charge in [-0.1, -0.05) is 48.0 Å². The average molecular weight is 372 g/mol. The number of hydrogen-bond donors (Lipinski definition) is 2. The summed E-state index contributed by atoms with van der Waals surface area (Å²) in [6.45, 7) is 2.97. The first-order chi connectivity index (χ1) is 12.5. The molecule has 0 amide bonds. The second-order valence-corrected chi connectivity index (χ2v) is 9.05. The molecule has 26 heavy (non-hydrogen) atoms. The van der Waals surface area contributed by atoms with Crippen molar-refractivity contribution in [2.24, 2.45) is 4.99 Å². The van der Waals surface area contributed by atoms with Crippen LogP contribution in [0.15, 0.2) is 59.6 Å². The maximum Gasteiger partial charge on any atom is 0.196 e. The van der Waals surface area contributed by atoms with E-state index in [-0.39, 0.29) is 5.25 Å². The number of anilines is 1. The molecular formula is C20H25N3O2S. The van der Waals surface area contributed by atoms with Crippen LogP contribution in [0.3, 0.4) is 0 Å². The van der Waals surface area contributed by atoms with Crippen LogP contribution in [0.5, 0.6) is 0 Å². The fourth-order valence-electron chi connectivity index (χ4n) is 2.96. The van der Waals surface area contributed by atoms with Crippen LogP contribution in [-0.2, 0) is 16.4 Å². The van der Waals surface area contributed by atoms with Gasteiger partial charge in [-0.2, -0.15) is 0 Å². The third-order valence-corrected chi connectivity index (χ3v) is 6.81. The topological polar surface area (TPSA) is 70.6 Å². The monoisotopic (exact) mass is 371 g/mol. The average Bonchev–Trinajstić information content (AvgIpc) is 2.98. The zero-order valence-electron chi connectivity index (χ0n) is 15.0. The predicted octanol–water partition coefficient (Wildman–Crippen LogP) is 3.13. The summed E-state index contributed by atoms with van der Waals surface area (Å²) in [5, 5.41) is 6.13. The van der Waals surface area contributed by atoms with Crippen LogP contribution < -0.4 is 10.6 Å². The van der Waals surface area contributed by atoms with Gasteiger partial charge in [-0.25, -0.2) is 13.4 Å². The van der Waals surface area contributed by atoms with Crippen molar-refractivity contribution < 1.29 is 8.42 Å². The molecule has 1 heterocycles. The molecule has 2 aromatic carbocycles. The van der Waals surface area contributed by atoms with Crippen LogP contribution >= 0.6 is 0 Å². The van der Waals surface area contributed by atoms with Crippen LogP contribution in [0.2, 0.25) is 0 Å². The normalized spacial score (nSPS) is 19.3. The number of rotatable bonds is 5. The van der Waals surface area contributed by atoms with Crippen LogP contribution in [0.4, 0.5) is 5.69 Å². The van der Waals surface area contributed by atoms with Crippen LogP contribution in [0.1, 0.15) is 24.0 Å². The Labute approximate surface area is 155 Å². The Bertz CT molecular complexity index is 846. The summed E-state index contributed by atoms with van der Waals surface area (Å²) in [4.78, 5) is 4.63. The SMILES string of the molecule is Cc1ccc(CN=C(NCC2CCCS2(=O)=O)Nc2ccccc2)cc1. The van der Waals surface area contributed by atoms with E-state index in [4.69, 9.17) is 0 Å². The van der Waals surface area contributed by atoms with Gasteiger partial charge >= 0.3 is 0 Å². The molecule has 1 aliphatic heterocycles. The number of nitrogens with one attached hydrogen (secondary N) is 2. The Balaban J connectivity index is 1.70. The highest BCUT2D eigenvalue weighted by Gasteiger charge is 2.31. The smallest absolute Gasteiger partial charge is 0.196 e. The minimum Gasteiger partial charge on any atom is -0.355 e. The van der Waals surface area contributed by atoms with Crippen molar-refractivity contribution in [1.29, 1.82) is 0 Å². The molecule has 0 aliphatic carbocycles. The molecule has 1 unspecified atom stereocenters. The first-order valence-corrected chi connectivity index (χ1v) is 10.6. The van der Waals surface area contributed by atoms with Crippen molar-refractivity contribution >= 4 is 21.5 Å². The minimum atomic E-state index is -2.97. The number of nitrogens with zero attached hydrogens (tertiary/aromatic N) is 1. The maximum absolute atomic E-state index is 12.0. The Morgan fingerprint density at radius 2 is 1.85 bits per heavy atom. The van der Waals surface area contributed by atoms with Gasteiger partial charge in [0, 0.05) is 12.2 Å². The Morgan fingerprint density at radius 1 is 1.12 bits per heavy atom. The van der Waals surface area contributed by atoms with Crippen LogP contribution in [0, 0.1) is 6.92 Å². The van der Waals surface area contributed by atoms with E-state index < -0.39 is 9.84 Å². The number of para-hydroxylation sites is 1. The molecule has 5 nitrogen and oxygen atoms in total. The molecule has 138 valence electrons. The molecule has 0 aromatic heterocycles. The van der Waals surface area contributed by atoms with Crippen molar-refractivity contribution in [3.8, 4) is 0 Å². The molecule has 3 rings (SSSR count). The first-order valence-electron chi connectivity index (χ1n) is 8.90. The lowest BCUT2D eigenvalue weighted by Crippen LogP contribution is -2.38. The number of guanidine groups is 1. The van der Waals surface area contributed by atoms with Crippen LogP contribution in [0.25, 0.3) is 0 Å². The zero-order valence-corrected chi connectivity index (χ0v) is 15.8. The van der Waals surface area contributed by atoms with Crippen LogP contribution in [-0.4, -0.2) is 31.9 Å². The third-order valence-electron chi connectivity index (χ3n) is 4.54. The van der Waals surface area contributed by atoms with Crippen molar-refractivity contribution in [1.82, 2.24) is 5.32 Å². The quantitative estimate of drug-likeness (QED) is 0.626. The van der Waals surface area contributed by atoms with Crippen molar-refractivity contribution in [2.75, 3.05) is 17.6 Å². The largest absolute Gasteiger partial charge is 0.355 e. The molecule has 1 fully saturated rings. The number of hydrogen-bond acceptors (Lipinski definition) is 3. The fraction of sp³-hybridized carbons (Fsp3) is 0.350. The van der Waals surface area contributed by atoms with Gasteiger partial charge in [0.25, 0.3) is 0 Å². The molecule has 0 radical (unpaired) electrons. The summed E-state index contributed by atoms with van der Waals surface area (Å²) in [6, 6.07) is 18.0. The molecule has 0 spiro atoms. The molecule has 6 heteroatoms. The summed E-state index contributed by atoms with van der Waals surface area (Å²) in [6.07, 6.45) is 1.46. The Morgan fingerprint density at radius 3 is 2.50 bits per heavy atom. The maximum atomic E-state index is 12.0. The van der Waals surface area contributed by atoms with E-state index in [2.05, 4.69) is 46.8 Å². The summed E-state index contributed by atoms with van der Waals surface area (Å²) in [7, 11) is -2.97. The number of sulfone groups is 1. The molecule has 1 atom stereocenters. The number of benzene rings is 2. The molecule has 1 saturated heterocycles. The lowest BCUT2D eigenvalue weighted by molar-refractivity contribution is 0.586. The zero-order chi connectivity index (χ0) is 18.4. The van der Waals surface area contributed by atoms with E-state index >= 15 is 0 Å². The molecule has 2 N–H and O–H groups in total. The lowest BCUT2D eigenvalue weighted by atomic mass is 10.1. The fourth-order valence-corrected chi connectivity index (χ4v) is 4.73. The molecule has 2 aromatic rings. The van der Waals surface area contributed by atoms with Crippen molar-refractivity contribution in [2.45, 2.75) is 31.6 Å². The highest BCUT2D eigenvalue weighted by Crippen LogP contribution is 2.19. The van der Waals surface area contributed by atoms with Gasteiger partial charge in [0.2, 0.25) is 0 Å². The summed E-state index contributed by atoms with van der Waals surface area (Å²) < 4.78 is 24.1. The van der Waals surface area contributed by atoms with Crippen molar-refractivity contribution in [3.63, 3.8) is 0 Å². The molecule has 0 saturated carbocycles. The minimum absolute atomic E-state index is 0.293. The van der Waals surface area contributed by atoms with E-state index in [1.165, 1.54) is 5.56 Å². The Kier molecular flexibility index (Phi) is 5.93. The standard InChI is InChI=1S/C20H25N3O2S/c1-16-9-11-17(12-10-16)14-21-20(23-18-6-3-2-4-7-18)22-15-19-8-5-13-26(19,24)25/h2-4,6-7,9-12,19H,5,8,13-15H2,1H3,(H2,21,22,23). The predicted molar refractivity (Wildman–Crippen MR) is 107 cm³/mol. The number of aryl methyl sites for hydroxylation is 1. The first kappa shape index (κ1) is 18.5. The Hall–Kier alpha value is -2.34. The van der Waals surface area contributed by atoms with E-state index in [0.29, 0.717) is 31.2 Å². The highest BCUT2D eigenvalue weighted by molar-refractivity contribution is 7.92. The van der Waals surface area contributed by atoms with Crippen molar-refractivity contribution in [3.05, 3.63) is 65.7 Å².